The number of hydrogen-bond acceptors (Lipinski definition) is 3. The van der Waals surface area contributed by atoms with Crippen LogP contribution in [0.4, 0.5) is 11.4 Å². The molecule has 0 atom stereocenters. The number of halogens is 2. The number of nitrogens with one attached hydrogen (secondary N) is 1. The molecule has 0 bridgehead atoms. The average Bonchev–Trinajstić information content (AvgIpc) is 2.85. The Morgan fingerprint density at radius 2 is 1.67 bits per heavy atom. The maximum absolute atomic E-state index is 12.3. The molecule has 0 aliphatic carbocycles. The number of amides is 1. The van der Waals surface area contributed by atoms with E-state index in [1.807, 2.05) is 0 Å². The van der Waals surface area contributed by atoms with Crippen LogP contribution in [-0.2, 0) is 10.0 Å². The van der Waals surface area contributed by atoms with Gasteiger partial charge in [-0.1, -0.05) is 23.2 Å². The molecule has 24 heavy (non-hydrogen) atoms. The van der Waals surface area contributed by atoms with Gasteiger partial charge in [-0.15, -0.1) is 0 Å². The molecule has 1 heterocycles. The molecule has 0 aromatic heterocycles. The molecule has 2 aromatic carbocycles. The van der Waals surface area contributed by atoms with E-state index in [2.05, 4.69) is 5.32 Å². The summed E-state index contributed by atoms with van der Waals surface area (Å²) < 4.78 is 25.2. The fraction of sp³-hybridized carbons (Fsp3) is 0.188. The van der Waals surface area contributed by atoms with E-state index in [1.54, 1.807) is 42.5 Å². The molecular weight excluding hydrogens is 371 g/mol. The molecule has 1 N–H and O–H groups in total. The molecule has 126 valence electrons. The smallest absolute Gasteiger partial charge is 0.255 e. The van der Waals surface area contributed by atoms with E-state index in [-0.39, 0.29) is 11.7 Å². The van der Waals surface area contributed by atoms with Crippen molar-refractivity contribution in [3.63, 3.8) is 0 Å². The van der Waals surface area contributed by atoms with Gasteiger partial charge in [-0.05, 0) is 48.9 Å². The molecule has 1 aliphatic rings. The number of hydrogen-bond donors (Lipinski definition) is 1. The topological polar surface area (TPSA) is 66.5 Å². The summed E-state index contributed by atoms with van der Waals surface area (Å²) in [5.41, 5.74) is 1.46. The molecule has 3 rings (SSSR count). The Bertz CT molecular complexity index is 862. The van der Waals surface area contributed by atoms with Gasteiger partial charge in [-0.25, -0.2) is 8.42 Å². The molecule has 0 spiro atoms. The highest BCUT2D eigenvalue weighted by Gasteiger charge is 2.28. The van der Waals surface area contributed by atoms with Gasteiger partial charge in [0.15, 0.2) is 0 Å². The number of carbonyl (C=O) groups excluding carboxylic acids is 1. The number of sulfonamides is 1. The van der Waals surface area contributed by atoms with Crippen LogP contribution in [0, 0.1) is 0 Å². The number of carbonyl (C=O) groups is 1. The van der Waals surface area contributed by atoms with Crippen molar-refractivity contribution in [2.75, 3.05) is 21.9 Å². The van der Waals surface area contributed by atoms with Crippen molar-refractivity contribution >= 4 is 50.5 Å². The lowest BCUT2D eigenvalue weighted by molar-refractivity contribution is 0.102. The van der Waals surface area contributed by atoms with Crippen molar-refractivity contribution in [2.45, 2.75) is 6.42 Å². The van der Waals surface area contributed by atoms with Crippen LogP contribution in [-0.4, -0.2) is 26.6 Å². The minimum Gasteiger partial charge on any atom is -0.322 e. The van der Waals surface area contributed by atoms with Gasteiger partial charge in [0.2, 0.25) is 10.0 Å². The predicted octanol–water partition coefficient (Wildman–Crippen LogP) is 3.79. The minimum atomic E-state index is -3.23. The fourth-order valence-electron chi connectivity index (χ4n) is 2.54. The van der Waals surface area contributed by atoms with Crippen molar-refractivity contribution < 1.29 is 13.2 Å². The van der Waals surface area contributed by atoms with Crippen molar-refractivity contribution in [1.29, 1.82) is 0 Å². The number of benzene rings is 2. The first-order valence-electron chi connectivity index (χ1n) is 7.23. The summed E-state index contributed by atoms with van der Waals surface area (Å²) in [6.07, 6.45) is 0.611. The lowest BCUT2D eigenvalue weighted by Gasteiger charge is -2.17. The van der Waals surface area contributed by atoms with E-state index in [0.29, 0.717) is 39.9 Å². The van der Waals surface area contributed by atoms with Crippen molar-refractivity contribution in [1.82, 2.24) is 0 Å². The standard InChI is InChI=1S/C16H14Cl2N2O3S/c17-12-8-13(18)10-14(9-12)19-16(21)11-2-4-15(5-3-11)20-6-1-7-24(20,22)23/h2-5,8-10H,1,6-7H2,(H,19,21). The summed E-state index contributed by atoms with van der Waals surface area (Å²) in [5.74, 6) is -0.172. The Morgan fingerprint density at radius 1 is 1.04 bits per heavy atom. The van der Waals surface area contributed by atoms with Gasteiger partial charge in [0, 0.05) is 27.8 Å². The number of anilines is 2. The van der Waals surface area contributed by atoms with Crippen LogP contribution in [0.2, 0.25) is 10.0 Å². The Morgan fingerprint density at radius 3 is 2.21 bits per heavy atom. The quantitative estimate of drug-likeness (QED) is 0.875. The molecule has 8 heteroatoms. The zero-order valence-electron chi connectivity index (χ0n) is 12.5. The Labute approximate surface area is 150 Å². The van der Waals surface area contributed by atoms with Crippen molar-refractivity contribution in [3.8, 4) is 0 Å². The van der Waals surface area contributed by atoms with Crippen LogP contribution < -0.4 is 9.62 Å². The first-order valence-corrected chi connectivity index (χ1v) is 9.60. The van der Waals surface area contributed by atoms with Gasteiger partial charge in [0.1, 0.15) is 0 Å². The average molecular weight is 385 g/mol. The van der Waals surface area contributed by atoms with Crippen LogP contribution in [0.5, 0.6) is 0 Å². The molecule has 0 radical (unpaired) electrons. The zero-order chi connectivity index (χ0) is 17.3. The summed E-state index contributed by atoms with van der Waals surface area (Å²) >= 11 is 11.8. The molecular formula is C16H14Cl2N2O3S. The molecule has 5 nitrogen and oxygen atoms in total. The number of nitrogens with zero attached hydrogens (tertiary/aromatic N) is 1. The fourth-order valence-corrected chi connectivity index (χ4v) is 4.63. The Hall–Kier alpha value is -1.76. The van der Waals surface area contributed by atoms with Crippen LogP contribution >= 0.6 is 23.2 Å². The maximum atomic E-state index is 12.3. The van der Waals surface area contributed by atoms with Gasteiger partial charge in [-0.2, -0.15) is 0 Å². The normalized spacial score (nSPS) is 16.2. The molecule has 0 unspecified atom stereocenters. The van der Waals surface area contributed by atoms with Crippen LogP contribution in [0.3, 0.4) is 0 Å². The van der Waals surface area contributed by atoms with Gasteiger partial charge in [-0.3, -0.25) is 9.10 Å². The van der Waals surface area contributed by atoms with E-state index >= 15 is 0 Å². The summed E-state index contributed by atoms with van der Waals surface area (Å²) in [5, 5.41) is 3.55. The Kier molecular flexibility index (Phi) is 4.71. The highest BCUT2D eigenvalue weighted by atomic mass is 35.5. The van der Waals surface area contributed by atoms with Crippen molar-refractivity contribution in [2.24, 2.45) is 0 Å². The van der Waals surface area contributed by atoms with Crippen LogP contribution in [0.25, 0.3) is 0 Å². The third-order valence-electron chi connectivity index (χ3n) is 3.64. The first-order chi connectivity index (χ1) is 11.3. The van der Waals surface area contributed by atoms with Crippen molar-refractivity contribution in [3.05, 3.63) is 58.1 Å². The van der Waals surface area contributed by atoms with Crippen LogP contribution in [0.15, 0.2) is 42.5 Å². The lowest BCUT2D eigenvalue weighted by Crippen LogP contribution is -2.25. The molecule has 1 fully saturated rings. The maximum Gasteiger partial charge on any atom is 0.255 e. The highest BCUT2D eigenvalue weighted by molar-refractivity contribution is 7.93. The molecule has 1 amide bonds. The summed E-state index contributed by atoms with van der Waals surface area (Å²) in [6.45, 7) is 0.467. The zero-order valence-corrected chi connectivity index (χ0v) is 14.8. The second-order valence-electron chi connectivity index (χ2n) is 5.40. The van der Waals surface area contributed by atoms with Gasteiger partial charge >= 0.3 is 0 Å². The van der Waals surface area contributed by atoms with Gasteiger partial charge in [0.25, 0.3) is 5.91 Å². The highest BCUT2D eigenvalue weighted by Crippen LogP contribution is 2.25. The first kappa shape index (κ1) is 17.1. The van der Waals surface area contributed by atoms with Crippen LogP contribution in [0.1, 0.15) is 16.8 Å². The van der Waals surface area contributed by atoms with E-state index in [4.69, 9.17) is 23.2 Å². The van der Waals surface area contributed by atoms with Gasteiger partial charge < -0.3 is 5.32 Å². The van der Waals surface area contributed by atoms with E-state index in [1.165, 1.54) is 4.31 Å². The van der Waals surface area contributed by atoms with E-state index in [0.717, 1.165) is 0 Å². The predicted molar refractivity (Wildman–Crippen MR) is 96.6 cm³/mol. The van der Waals surface area contributed by atoms with E-state index in [9.17, 15) is 13.2 Å². The largest absolute Gasteiger partial charge is 0.322 e. The second kappa shape index (κ2) is 6.63. The third kappa shape index (κ3) is 3.66. The third-order valence-corrected chi connectivity index (χ3v) is 5.94. The summed E-state index contributed by atoms with van der Waals surface area (Å²) in [6, 6.07) is 11.2. The summed E-state index contributed by atoms with van der Waals surface area (Å²) in [4.78, 5) is 12.3. The van der Waals surface area contributed by atoms with E-state index < -0.39 is 10.0 Å². The lowest BCUT2D eigenvalue weighted by atomic mass is 10.2. The molecule has 1 saturated heterocycles. The molecule has 1 aliphatic heterocycles. The summed E-state index contributed by atoms with van der Waals surface area (Å²) in [7, 11) is -3.23. The Balaban J connectivity index is 1.77. The van der Waals surface area contributed by atoms with Gasteiger partial charge in [0.05, 0.1) is 11.4 Å². The monoisotopic (exact) mass is 384 g/mol. The number of rotatable bonds is 3. The minimum absolute atomic E-state index is 0.158. The SMILES string of the molecule is O=C(Nc1cc(Cl)cc(Cl)c1)c1ccc(N2CCCS2(=O)=O)cc1. The molecule has 0 saturated carbocycles. The molecule has 2 aromatic rings. The second-order valence-corrected chi connectivity index (χ2v) is 8.29.